The minimum absolute atomic E-state index is 0.0505. The van der Waals surface area contributed by atoms with Gasteiger partial charge < -0.3 is 14.6 Å². The van der Waals surface area contributed by atoms with Crippen LogP contribution in [0.25, 0.3) is 11.1 Å². The van der Waals surface area contributed by atoms with Crippen molar-refractivity contribution < 1.29 is 19.4 Å². The Kier molecular flexibility index (Phi) is 2.39. The Balaban J connectivity index is 2.41. The maximum Gasteiger partial charge on any atom is 0.307 e. The number of benzene rings is 1. The van der Waals surface area contributed by atoms with Gasteiger partial charge in [0, 0.05) is 0 Å². The van der Waals surface area contributed by atoms with Crippen LogP contribution in [-0.4, -0.2) is 21.2 Å². The number of aliphatic hydroxyl groups excluding tert-OH is 1. The molecule has 0 atom stereocenters. The molecule has 0 bridgehead atoms. The van der Waals surface area contributed by atoms with Crippen LogP contribution in [0.1, 0.15) is 11.5 Å². The molecule has 0 aliphatic rings. The van der Waals surface area contributed by atoms with Crippen LogP contribution in [0.5, 0.6) is 0 Å². The number of rotatable bonds is 3. The summed E-state index contributed by atoms with van der Waals surface area (Å²) >= 11 is 0. The number of carboxylic acid groups (broad SMARTS) is 1. The summed E-state index contributed by atoms with van der Waals surface area (Å²) in [4.78, 5) is 14.5. The molecule has 0 fully saturated rings. The molecular weight excluding hydrogens is 198 g/mol. The van der Waals surface area contributed by atoms with Crippen molar-refractivity contribution >= 4 is 17.1 Å². The Morgan fingerprint density at radius 2 is 2.27 bits per heavy atom. The van der Waals surface area contributed by atoms with E-state index in [9.17, 15) is 4.79 Å². The van der Waals surface area contributed by atoms with Gasteiger partial charge >= 0.3 is 5.97 Å². The third kappa shape index (κ3) is 1.97. The standard InChI is InChI=1S/C10H9NO4/c12-5-9-11-7-2-1-6(4-10(13)14)3-8(7)15-9/h1-3,12H,4-5H2,(H,13,14). The topological polar surface area (TPSA) is 83.6 Å². The summed E-state index contributed by atoms with van der Waals surface area (Å²) in [7, 11) is 0. The van der Waals surface area contributed by atoms with Crippen molar-refractivity contribution in [3.8, 4) is 0 Å². The molecule has 0 aliphatic carbocycles. The number of aliphatic carboxylic acids is 1. The Morgan fingerprint density at radius 1 is 1.47 bits per heavy atom. The fraction of sp³-hybridized carbons (Fsp3) is 0.200. The van der Waals surface area contributed by atoms with Crippen LogP contribution in [0.15, 0.2) is 22.6 Å². The summed E-state index contributed by atoms with van der Waals surface area (Å²) < 4.78 is 5.19. The highest BCUT2D eigenvalue weighted by Crippen LogP contribution is 2.17. The van der Waals surface area contributed by atoms with Gasteiger partial charge in [-0.15, -0.1) is 0 Å². The van der Waals surface area contributed by atoms with E-state index >= 15 is 0 Å². The average molecular weight is 207 g/mol. The van der Waals surface area contributed by atoms with E-state index < -0.39 is 5.97 Å². The van der Waals surface area contributed by atoms with E-state index in [1.54, 1.807) is 18.2 Å². The molecule has 1 aromatic heterocycles. The third-order valence-electron chi connectivity index (χ3n) is 1.99. The number of oxazole rings is 1. The van der Waals surface area contributed by atoms with Crippen LogP contribution >= 0.6 is 0 Å². The first kappa shape index (κ1) is 9.67. The number of nitrogens with zero attached hydrogens (tertiary/aromatic N) is 1. The van der Waals surface area contributed by atoms with E-state index in [0.717, 1.165) is 0 Å². The van der Waals surface area contributed by atoms with Crippen LogP contribution in [-0.2, 0) is 17.8 Å². The van der Waals surface area contributed by atoms with Crippen LogP contribution in [0.2, 0.25) is 0 Å². The average Bonchev–Trinajstić information content (AvgIpc) is 2.58. The van der Waals surface area contributed by atoms with Crippen LogP contribution in [0.4, 0.5) is 0 Å². The number of aromatic nitrogens is 1. The van der Waals surface area contributed by atoms with Gasteiger partial charge in [0.1, 0.15) is 12.1 Å². The third-order valence-corrected chi connectivity index (χ3v) is 1.99. The van der Waals surface area contributed by atoms with Gasteiger partial charge in [0.15, 0.2) is 5.58 Å². The molecule has 78 valence electrons. The van der Waals surface area contributed by atoms with Gasteiger partial charge in [0.05, 0.1) is 6.42 Å². The Morgan fingerprint density at radius 3 is 2.93 bits per heavy atom. The highest BCUT2D eigenvalue weighted by atomic mass is 16.4. The zero-order valence-corrected chi connectivity index (χ0v) is 7.80. The molecular formula is C10H9NO4. The van der Waals surface area contributed by atoms with Gasteiger partial charge in [-0.2, -0.15) is 0 Å². The SMILES string of the molecule is O=C(O)Cc1ccc2nc(CO)oc2c1. The van der Waals surface area contributed by atoms with E-state index in [-0.39, 0.29) is 18.9 Å². The summed E-state index contributed by atoms with van der Waals surface area (Å²) in [6, 6.07) is 4.98. The van der Waals surface area contributed by atoms with Gasteiger partial charge in [-0.25, -0.2) is 4.98 Å². The zero-order valence-electron chi connectivity index (χ0n) is 7.80. The molecule has 1 heterocycles. The lowest BCUT2D eigenvalue weighted by atomic mass is 10.1. The molecule has 2 aromatic rings. The Labute approximate surface area is 85.0 Å². The van der Waals surface area contributed by atoms with Gasteiger partial charge in [0.2, 0.25) is 5.89 Å². The van der Waals surface area contributed by atoms with Gasteiger partial charge in [0.25, 0.3) is 0 Å². The maximum atomic E-state index is 10.5. The van der Waals surface area contributed by atoms with Crippen molar-refractivity contribution in [3.63, 3.8) is 0 Å². The number of hydrogen-bond acceptors (Lipinski definition) is 4. The lowest BCUT2D eigenvalue weighted by Crippen LogP contribution is -1.99. The molecule has 1 aromatic carbocycles. The van der Waals surface area contributed by atoms with Crippen molar-refractivity contribution in [2.45, 2.75) is 13.0 Å². The zero-order chi connectivity index (χ0) is 10.8. The number of aliphatic hydroxyl groups is 1. The molecule has 0 saturated heterocycles. The highest BCUT2D eigenvalue weighted by molar-refractivity contribution is 5.76. The fourth-order valence-electron chi connectivity index (χ4n) is 1.37. The van der Waals surface area contributed by atoms with Crippen molar-refractivity contribution in [1.82, 2.24) is 4.98 Å². The molecule has 0 saturated carbocycles. The summed E-state index contributed by atoms with van der Waals surface area (Å²) in [5, 5.41) is 17.4. The summed E-state index contributed by atoms with van der Waals surface area (Å²) in [5.74, 6) is -0.659. The minimum Gasteiger partial charge on any atom is -0.481 e. The lowest BCUT2D eigenvalue weighted by Gasteiger charge is -1.94. The quantitative estimate of drug-likeness (QED) is 0.782. The molecule has 2 rings (SSSR count). The first-order chi connectivity index (χ1) is 7.19. The molecule has 5 nitrogen and oxygen atoms in total. The highest BCUT2D eigenvalue weighted by Gasteiger charge is 2.07. The van der Waals surface area contributed by atoms with E-state index in [2.05, 4.69) is 4.98 Å². The van der Waals surface area contributed by atoms with Gasteiger partial charge in [-0.05, 0) is 17.7 Å². The van der Waals surface area contributed by atoms with Crippen molar-refractivity contribution in [1.29, 1.82) is 0 Å². The number of carboxylic acids is 1. The smallest absolute Gasteiger partial charge is 0.307 e. The second kappa shape index (κ2) is 3.70. The molecule has 5 heteroatoms. The predicted molar refractivity (Wildman–Crippen MR) is 51.3 cm³/mol. The lowest BCUT2D eigenvalue weighted by molar-refractivity contribution is -0.136. The van der Waals surface area contributed by atoms with E-state index in [0.29, 0.717) is 16.7 Å². The van der Waals surface area contributed by atoms with Gasteiger partial charge in [-0.3, -0.25) is 4.79 Å². The minimum atomic E-state index is -0.892. The molecule has 0 radical (unpaired) electrons. The molecule has 2 N–H and O–H groups in total. The molecule has 0 unspecified atom stereocenters. The van der Waals surface area contributed by atoms with Crippen molar-refractivity contribution in [3.05, 3.63) is 29.7 Å². The maximum absolute atomic E-state index is 10.5. The van der Waals surface area contributed by atoms with E-state index in [1.807, 2.05) is 0 Å². The molecule has 0 aliphatic heterocycles. The molecule has 15 heavy (non-hydrogen) atoms. The summed E-state index contributed by atoms with van der Waals surface area (Å²) in [6.07, 6.45) is -0.0505. The fourth-order valence-corrected chi connectivity index (χ4v) is 1.37. The number of carbonyl (C=O) groups is 1. The second-order valence-electron chi connectivity index (χ2n) is 3.14. The van der Waals surface area contributed by atoms with Crippen LogP contribution in [0, 0.1) is 0 Å². The summed E-state index contributed by atoms with van der Waals surface area (Å²) in [5.41, 5.74) is 1.77. The predicted octanol–water partition coefficient (Wildman–Crippen LogP) is 0.947. The van der Waals surface area contributed by atoms with E-state index in [1.165, 1.54) is 0 Å². The normalized spacial score (nSPS) is 10.7. The van der Waals surface area contributed by atoms with Gasteiger partial charge in [-0.1, -0.05) is 6.07 Å². The van der Waals surface area contributed by atoms with Crippen LogP contribution < -0.4 is 0 Å². The van der Waals surface area contributed by atoms with Crippen LogP contribution in [0.3, 0.4) is 0 Å². The first-order valence-corrected chi connectivity index (χ1v) is 4.40. The second-order valence-corrected chi connectivity index (χ2v) is 3.14. The van der Waals surface area contributed by atoms with Crippen molar-refractivity contribution in [2.24, 2.45) is 0 Å². The monoisotopic (exact) mass is 207 g/mol. The number of fused-ring (bicyclic) bond motifs is 1. The molecule has 0 amide bonds. The van der Waals surface area contributed by atoms with E-state index in [4.69, 9.17) is 14.6 Å². The van der Waals surface area contributed by atoms with Crippen molar-refractivity contribution in [2.75, 3.05) is 0 Å². The molecule has 0 spiro atoms. The Bertz CT molecular complexity index is 503. The number of hydrogen-bond donors (Lipinski definition) is 2. The summed E-state index contributed by atoms with van der Waals surface area (Å²) in [6.45, 7) is -0.261. The first-order valence-electron chi connectivity index (χ1n) is 4.40. The Hall–Kier alpha value is -1.88. The largest absolute Gasteiger partial charge is 0.481 e.